The average molecular weight is 220 g/mol. The molecule has 0 heterocycles. The smallest absolute Gasteiger partial charge is 0.248 e. The van der Waals surface area contributed by atoms with Crippen molar-refractivity contribution >= 4 is 18.3 Å². The van der Waals surface area contributed by atoms with Crippen LogP contribution in [0.2, 0.25) is 0 Å². The van der Waals surface area contributed by atoms with Crippen molar-refractivity contribution in [3.63, 3.8) is 0 Å². The highest BCUT2D eigenvalue weighted by atomic mass is 32.2. The van der Waals surface area contributed by atoms with E-state index in [9.17, 15) is 9.18 Å². The van der Waals surface area contributed by atoms with Gasteiger partial charge < -0.3 is 0 Å². The largest absolute Gasteiger partial charge is 0.410 e. The fraction of sp³-hybridized carbons (Fsp3) is 0.889. The zero-order chi connectivity index (χ0) is 10.6. The van der Waals surface area contributed by atoms with Crippen molar-refractivity contribution in [2.75, 3.05) is 14.1 Å². The van der Waals surface area contributed by atoms with Crippen LogP contribution < -0.4 is 0 Å². The summed E-state index contributed by atoms with van der Waals surface area (Å²) in [6.45, 7) is 0. The highest BCUT2D eigenvalue weighted by Gasteiger charge is 2.21. The lowest BCUT2D eigenvalue weighted by atomic mass is 9.96. The topological polar surface area (TPSA) is 23.6 Å². The van der Waals surface area contributed by atoms with E-state index in [1.165, 1.54) is 26.3 Å². The third-order valence-electron chi connectivity index (χ3n) is 2.59. The van der Waals surface area contributed by atoms with Crippen molar-refractivity contribution in [3.8, 4) is 0 Å². The SMILES string of the molecule is CN(SN(C)C1CCCCC1)C(=O)F. The molecule has 0 aromatic carbocycles. The zero-order valence-electron chi connectivity index (χ0n) is 8.70. The predicted molar refractivity (Wildman–Crippen MR) is 56.5 cm³/mol. The first kappa shape index (κ1) is 11.8. The van der Waals surface area contributed by atoms with Gasteiger partial charge in [0, 0.05) is 25.2 Å². The molecule has 0 spiro atoms. The molecule has 0 radical (unpaired) electrons. The molecule has 0 bridgehead atoms. The molecular weight excluding hydrogens is 203 g/mol. The fourth-order valence-corrected chi connectivity index (χ4v) is 2.53. The lowest BCUT2D eigenvalue weighted by molar-refractivity contribution is 0.207. The Hall–Kier alpha value is -0.290. The van der Waals surface area contributed by atoms with Gasteiger partial charge in [-0.05, 0) is 19.9 Å². The zero-order valence-corrected chi connectivity index (χ0v) is 9.52. The number of amides is 1. The normalized spacial score (nSPS) is 18.6. The van der Waals surface area contributed by atoms with Gasteiger partial charge in [-0.3, -0.25) is 0 Å². The highest BCUT2D eigenvalue weighted by molar-refractivity contribution is 7.95. The summed E-state index contributed by atoms with van der Waals surface area (Å²) in [5, 5.41) is 0. The molecule has 0 N–H and O–H groups in total. The third-order valence-corrected chi connectivity index (χ3v) is 3.53. The first-order valence-corrected chi connectivity index (χ1v) is 5.68. The van der Waals surface area contributed by atoms with Crippen molar-refractivity contribution < 1.29 is 9.18 Å². The van der Waals surface area contributed by atoms with E-state index in [-0.39, 0.29) is 0 Å². The minimum absolute atomic E-state index is 0.482. The molecule has 1 amide bonds. The second kappa shape index (κ2) is 5.56. The maximum Gasteiger partial charge on any atom is 0.410 e. The Bertz CT molecular complexity index is 197. The monoisotopic (exact) mass is 220 g/mol. The minimum Gasteiger partial charge on any atom is -0.248 e. The molecule has 14 heavy (non-hydrogen) atoms. The molecule has 1 aliphatic rings. The van der Waals surface area contributed by atoms with Crippen LogP contribution in [0.25, 0.3) is 0 Å². The van der Waals surface area contributed by atoms with Gasteiger partial charge in [0.25, 0.3) is 0 Å². The fourth-order valence-electron chi connectivity index (χ4n) is 1.74. The van der Waals surface area contributed by atoms with Crippen molar-refractivity contribution in [3.05, 3.63) is 0 Å². The lowest BCUT2D eigenvalue weighted by Gasteiger charge is -2.31. The van der Waals surface area contributed by atoms with Crippen LogP contribution in [-0.2, 0) is 0 Å². The molecule has 0 saturated heterocycles. The van der Waals surface area contributed by atoms with Crippen LogP contribution in [0.15, 0.2) is 0 Å². The number of nitrogens with zero attached hydrogens (tertiary/aromatic N) is 2. The molecule has 0 aromatic heterocycles. The Morgan fingerprint density at radius 3 is 2.36 bits per heavy atom. The van der Waals surface area contributed by atoms with E-state index in [0.29, 0.717) is 6.04 Å². The van der Waals surface area contributed by atoms with Crippen LogP contribution in [0.1, 0.15) is 32.1 Å². The molecule has 1 fully saturated rings. The molecule has 0 atom stereocenters. The maximum absolute atomic E-state index is 12.3. The number of carbonyl (C=O) groups is 1. The molecule has 0 unspecified atom stereocenters. The lowest BCUT2D eigenvalue weighted by Crippen LogP contribution is -2.32. The van der Waals surface area contributed by atoms with Gasteiger partial charge in [0.1, 0.15) is 0 Å². The third kappa shape index (κ3) is 3.46. The summed E-state index contributed by atoms with van der Waals surface area (Å²) in [5.41, 5.74) is 0. The quantitative estimate of drug-likeness (QED) is 0.415. The minimum atomic E-state index is -1.39. The average Bonchev–Trinajstić information content (AvgIpc) is 2.19. The summed E-state index contributed by atoms with van der Waals surface area (Å²) < 4.78 is 15.3. The molecule has 1 rings (SSSR count). The van der Waals surface area contributed by atoms with E-state index < -0.39 is 6.16 Å². The van der Waals surface area contributed by atoms with Crippen LogP contribution in [0, 0.1) is 0 Å². The molecular formula is C9H17FN2OS. The molecule has 5 heteroatoms. The van der Waals surface area contributed by atoms with Crippen LogP contribution in [0.3, 0.4) is 0 Å². The van der Waals surface area contributed by atoms with Gasteiger partial charge in [-0.15, -0.1) is 4.39 Å². The summed E-state index contributed by atoms with van der Waals surface area (Å²) in [4.78, 5) is 10.4. The van der Waals surface area contributed by atoms with E-state index in [4.69, 9.17) is 0 Å². The Labute approximate surface area is 88.9 Å². The summed E-state index contributed by atoms with van der Waals surface area (Å²) in [7, 11) is 3.37. The molecule has 0 aliphatic heterocycles. The van der Waals surface area contributed by atoms with Crippen molar-refractivity contribution in [2.24, 2.45) is 0 Å². The van der Waals surface area contributed by atoms with E-state index in [2.05, 4.69) is 0 Å². The summed E-state index contributed by atoms with van der Waals surface area (Å²) in [6, 6.07) is 0.482. The van der Waals surface area contributed by atoms with Crippen LogP contribution >= 0.6 is 12.1 Å². The summed E-state index contributed by atoms with van der Waals surface area (Å²) in [6.07, 6.45) is 4.69. The number of rotatable bonds is 3. The number of carbonyl (C=O) groups excluding carboxylic acids is 1. The van der Waals surface area contributed by atoms with Gasteiger partial charge in [-0.2, -0.15) is 0 Å². The number of halogens is 1. The first-order valence-electron chi connectivity index (χ1n) is 4.95. The molecule has 1 saturated carbocycles. The van der Waals surface area contributed by atoms with E-state index in [1.54, 1.807) is 0 Å². The van der Waals surface area contributed by atoms with Gasteiger partial charge in [0.2, 0.25) is 0 Å². The van der Waals surface area contributed by atoms with Crippen LogP contribution in [0.5, 0.6) is 0 Å². The Morgan fingerprint density at radius 1 is 1.29 bits per heavy atom. The highest BCUT2D eigenvalue weighted by Crippen LogP contribution is 2.27. The standard InChI is InChI=1S/C9H17FN2OS/c1-11(14-12(2)9(10)13)8-6-4-3-5-7-8/h8H,3-7H2,1-2H3. The Kier molecular flexibility index (Phi) is 4.68. The Balaban J connectivity index is 2.32. The van der Waals surface area contributed by atoms with Gasteiger partial charge in [-0.25, -0.2) is 13.4 Å². The summed E-state index contributed by atoms with van der Waals surface area (Å²) in [5.74, 6) is 0. The van der Waals surface area contributed by atoms with E-state index in [0.717, 1.165) is 29.3 Å². The maximum atomic E-state index is 12.3. The van der Waals surface area contributed by atoms with Gasteiger partial charge in [0.05, 0.1) is 0 Å². The Morgan fingerprint density at radius 2 is 1.86 bits per heavy atom. The molecule has 3 nitrogen and oxygen atoms in total. The van der Waals surface area contributed by atoms with Crippen molar-refractivity contribution in [1.29, 1.82) is 0 Å². The number of hydrogen-bond acceptors (Lipinski definition) is 3. The number of hydrogen-bond donors (Lipinski definition) is 0. The molecule has 82 valence electrons. The van der Waals surface area contributed by atoms with Crippen molar-refractivity contribution in [1.82, 2.24) is 8.61 Å². The second-order valence-corrected chi connectivity index (χ2v) is 4.96. The van der Waals surface area contributed by atoms with E-state index >= 15 is 0 Å². The van der Waals surface area contributed by atoms with E-state index in [1.807, 2.05) is 11.4 Å². The first-order chi connectivity index (χ1) is 6.61. The van der Waals surface area contributed by atoms with Gasteiger partial charge >= 0.3 is 6.16 Å². The second-order valence-electron chi connectivity index (χ2n) is 3.67. The molecule has 1 aliphatic carbocycles. The van der Waals surface area contributed by atoms with Gasteiger partial charge in [-0.1, -0.05) is 19.3 Å². The molecule has 0 aromatic rings. The predicted octanol–water partition coefficient (Wildman–Crippen LogP) is 2.84. The summed E-state index contributed by atoms with van der Waals surface area (Å²) >= 11 is 1.16. The van der Waals surface area contributed by atoms with Gasteiger partial charge in [0.15, 0.2) is 0 Å². The van der Waals surface area contributed by atoms with Crippen LogP contribution in [0.4, 0.5) is 9.18 Å². The van der Waals surface area contributed by atoms with Crippen LogP contribution in [-0.4, -0.2) is 34.9 Å². The van der Waals surface area contributed by atoms with Crippen molar-refractivity contribution in [2.45, 2.75) is 38.1 Å².